The average Bonchev–Trinajstić information content (AvgIpc) is 3.17. The second-order valence-corrected chi connectivity index (χ2v) is 16.0. The first kappa shape index (κ1) is 32.9. The number of carbonyl (C=O) groups is 1. The SMILES string of the molecule is COc1ccc2ccccc2c1-c1cccc(-c2c(OC)ccc3ccccc23)c1P1C(c2ccccc2C)CC(=O)CC1c1ccccc1C. The lowest BCUT2D eigenvalue weighted by atomic mass is 9.91. The summed E-state index contributed by atoms with van der Waals surface area (Å²) in [7, 11) is 2.46. The van der Waals surface area contributed by atoms with Gasteiger partial charge in [0.25, 0.3) is 0 Å². The molecule has 0 radical (unpaired) electrons. The predicted octanol–water partition coefficient (Wildman–Crippen LogP) is 11.9. The van der Waals surface area contributed by atoms with Gasteiger partial charge in [0, 0.05) is 35.3 Å². The molecular formula is C47H41O3P. The van der Waals surface area contributed by atoms with E-state index in [4.69, 9.17) is 9.47 Å². The lowest BCUT2D eigenvalue weighted by molar-refractivity contribution is -0.119. The molecule has 1 aliphatic rings. The normalized spacial score (nSPS) is 17.5. The molecule has 1 saturated heterocycles. The van der Waals surface area contributed by atoms with Crippen molar-refractivity contribution in [3.05, 3.63) is 162 Å². The number of Topliss-reactive ketones (excluding diaryl/α,β-unsaturated/α-hetero) is 1. The zero-order valence-electron chi connectivity index (χ0n) is 29.5. The summed E-state index contributed by atoms with van der Waals surface area (Å²) >= 11 is 0. The third-order valence-electron chi connectivity index (χ3n) is 10.7. The quantitative estimate of drug-likeness (QED) is 0.157. The molecule has 1 aliphatic heterocycles. The molecule has 0 saturated carbocycles. The van der Waals surface area contributed by atoms with E-state index >= 15 is 0 Å². The summed E-state index contributed by atoms with van der Waals surface area (Å²) in [5.41, 5.74) is 9.42. The van der Waals surface area contributed by atoms with Gasteiger partial charge in [-0.1, -0.05) is 135 Å². The number of carbonyl (C=O) groups excluding carboxylic acids is 1. The molecule has 2 unspecified atom stereocenters. The molecule has 8 rings (SSSR count). The van der Waals surface area contributed by atoms with Gasteiger partial charge in [-0.2, -0.15) is 0 Å². The van der Waals surface area contributed by atoms with Gasteiger partial charge in [0.1, 0.15) is 17.3 Å². The van der Waals surface area contributed by atoms with Gasteiger partial charge in [0.05, 0.1) is 14.2 Å². The largest absolute Gasteiger partial charge is 0.496 e. The highest BCUT2D eigenvalue weighted by Crippen LogP contribution is 2.69. The molecule has 7 aromatic carbocycles. The van der Waals surface area contributed by atoms with Crippen molar-refractivity contribution in [3.8, 4) is 33.8 Å². The van der Waals surface area contributed by atoms with E-state index in [2.05, 4.69) is 153 Å². The highest BCUT2D eigenvalue weighted by molar-refractivity contribution is 7.67. The Labute approximate surface area is 301 Å². The smallest absolute Gasteiger partial charge is 0.134 e. The van der Waals surface area contributed by atoms with E-state index in [-0.39, 0.29) is 11.3 Å². The third-order valence-corrected chi connectivity index (χ3v) is 13.9. The zero-order valence-corrected chi connectivity index (χ0v) is 30.4. The van der Waals surface area contributed by atoms with Crippen LogP contribution in [0.3, 0.4) is 0 Å². The summed E-state index contributed by atoms with van der Waals surface area (Å²) in [5.74, 6) is 1.99. The summed E-state index contributed by atoms with van der Waals surface area (Å²) in [6.45, 7) is 4.39. The highest BCUT2D eigenvalue weighted by atomic mass is 31.1. The Morgan fingerprint density at radius 3 is 1.39 bits per heavy atom. The van der Waals surface area contributed by atoms with Gasteiger partial charge >= 0.3 is 0 Å². The van der Waals surface area contributed by atoms with E-state index in [9.17, 15) is 4.79 Å². The molecule has 3 nitrogen and oxygen atoms in total. The summed E-state index contributed by atoms with van der Waals surface area (Å²) in [4.78, 5) is 14.1. The monoisotopic (exact) mass is 684 g/mol. The van der Waals surface area contributed by atoms with E-state index < -0.39 is 7.92 Å². The lowest BCUT2D eigenvalue weighted by Gasteiger charge is -2.42. The van der Waals surface area contributed by atoms with Crippen LogP contribution in [0, 0.1) is 13.8 Å². The molecule has 2 atom stereocenters. The van der Waals surface area contributed by atoms with Crippen LogP contribution in [0.2, 0.25) is 0 Å². The molecule has 7 aromatic rings. The molecular weight excluding hydrogens is 643 g/mol. The maximum Gasteiger partial charge on any atom is 0.134 e. The molecule has 51 heavy (non-hydrogen) atoms. The Balaban J connectivity index is 1.56. The molecule has 0 bridgehead atoms. The first-order chi connectivity index (χ1) is 25.0. The van der Waals surface area contributed by atoms with Crippen LogP contribution in [0.5, 0.6) is 11.5 Å². The van der Waals surface area contributed by atoms with Crippen molar-refractivity contribution in [2.75, 3.05) is 14.2 Å². The zero-order chi connectivity index (χ0) is 35.1. The number of methoxy groups -OCH3 is 2. The van der Waals surface area contributed by atoms with Gasteiger partial charge in [0.15, 0.2) is 0 Å². The van der Waals surface area contributed by atoms with Gasteiger partial charge in [-0.3, -0.25) is 4.79 Å². The number of aryl methyl sites for hydroxylation is 2. The Hall–Kier alpha value is -5.24. The minimum Gasteiger partial charge on any atom is -0.496 e. The fraction of sp³-hybridized carbons (Fsp3) is 0.170. The highest BCUT2D eigenvalue weighted by Gasteiger charge is 2.43. The molecule has 0 N–H and O–H groups in total. The van der Waals surface area contributed by atoms with Crippen molar-refractivity contribution < 1.29 is 14.3 Å². The number of ketones is 1. The minimum atomic E-state index is -1.07. The molecule has 1 fully saturated rings. The molecule has 0 aliphatic carbocycles. The summed E-state index contributed by atoms with van der Waals surface area (Å²) in [5, 5.41) is 5.88. The van der Waals surface area contributed by atoms with E-state index in [0.717, 1.165) is 55.3 Å². The number of fused-ring (bicyclic) bond motifs is 2. The van der Waals surface area contributed by atoms with Crippen LogP contribution in [-0.4, -0.2) is 20.0 Å². The predicted molar refractivity (Wildman–Crippen MR) is 214 cm³/mol. The lowest BCUT2D eigenvalue weighted by Crippen LogP contribution is -2.26. The molecule has 1 heterocycles. The third kappa shape index (κ3) is 5.80. The number of benzene rings is 7. The maximum absolute atomic E-state index is 14.1. The molecule has 252 valence electrons. The number of rotatable bonds is 7. The first-order valence-corrected chi connectivity index (χ1v) is 19.1. The number of ether oxygens (including phenoxy) is 2. The van der Waals surface area contributed by atoms with Crippen molar-refractivity contribution in [2.24, 2.45) is 0 Å². The molecule has 0 spiro atoms. The van der Waals surface area contributed by atoms with Crippen molar-refractivity contribution in [3.63, 3.8) is 0 Å². The van der Waals surface area contributed by atoms with Crippen LogP contribution < -0.4 is 14.8 Å². The maximum atomic E-state index is 14.1. The summed E-state index contributed by atoms with van der Waals surface area (Å²) < 4.78 is 12.4. The Morgan fingerprint density at radius 1 is 0.510 bits per heavy atom. The summed E-state index contributed by atoms with van der Waals surface area (Å²) in [6.07, 6.45) is 1.01. The Kier molecular flexibility index (Phi) is 8.92. The van der Waals surface area contributed by atoms with Crippen molar-refractivity contribution in [1.82, 2.24) is 0 Å². The van der Waals surface area contributed by atoms with Crippen LogP contribution >= 0.6 is 7.92 Å². The van der Waals surface area contributed by atoms with E-state index in [1.165, 1.54) is 27.6 Å². The van der Waals surface area contributed by atoms with Crippen molar-refractivity contribution in [1.29, 1.82) is 0 Å². The van der Waals surface area contributed by atoms with Crippen LogP contribution in [0.15, 0.2) is 140 Å². The van der Waals surface area contributed by atoms with Crippen LogP contribution in [0.4, 0.5) is 0 Å². The second kappa shape index (κ2) is 13.8. The van der Waals surface area contributed by atoms with Gasteiger partial charge in [0.2, 0.25) is 0 Å². The molecule has 0 amide bonds. The van der Waals surface area contributed by atoms with E-state index in [1.807, 2.05) is 0 Å². The van der Waals surface area contributed by atoms with Gasteiger partial charge < -0.3 is 9.47 Å². The van der Waals surface area contributed by atoms with Gasteiger partial charge in [-0.15, -0.1) is 0 Å². The Morgan fingerprint density at radius 2 is 0.941 bits per heavy atom. The summed E-state index contributed by atoms with van der Waals surface area (Å²) in [6, 6.07) is 49.8. The number of hydrogen-bond acceptors (Lipinski definition) is 3. The average molecular weight is 685 g/mol. The molecule has 4 heteroatoms. The van der Waals surface area contributed by atoms with Gasteiger partial charge in [-0.25, -0.2) is 0 Å². The van der Waals surface area contributed by atoms with Crippen molar-refractivity contribution >= 4 is 40.6 Å². The van der Waals surface area contributed by atoms with Gasteiger partial charge in [-0.05, 0) is 86.2 Å². The second-order valence-electron chi connectivity index (χ2n) is 13.5. The molecule has 0 aromatic heterocycles. The topological polar surface area (TPSA) is 35.5 Å². The van der Waals surface area contributed by atoms with Crippen LogP contribution in [0.25, 0.3) is 43.8 Å². The van der Waals surface area contributed by atoms with Crippen LogP contribution in [0.1, 0.15) is 46.4 Å². The van der Waals surface area contributed by atoms with Crippen LogP contribution in [-0.2, 0) is 4.79 Å². The minimum absolute atomic E-state index is 0.00824. The standard InChI is InChI=1S/C47H41O3P/c1-30-14-5-9-18-35(30)43-28-34(48)29-44(36-19-10-6-15-31(36)2)51(43)47-39(45-37-20-11-7-16-32(37)24-26-41(45)49-3)22-13-23-40(47)46-38-21-12-8-17-33(38)25-27-42(46)50-4/h5-27,43-44H,28-29H2,1-4H3. The number of hydrogen-bond donors (Lipinski definition) is 0. The Bertz CT molecular complexity index is 2270. The fourth-order valence-corrected chi connectivity index (χ4v) is 12.3. The first-order valence-electron chi connectivity index (χ1n) is 17.6. The van der Waals surface area contributed by atoms with E-state index in [0.29, 0.717) is 18.6 Å². The van der Waals surface area contributed by atoms with Crippen molar-refractivity contribution in [2.45, 2.75) is 38.0 Å². The fourth-order valence-electron chi connectivity index (χ4n) is 8.31. The van der Waals surface area contributed by atoms with E-state index in [1.54, 1.807) is 14.2 Å².